The van der Waals surface area contributed by atoms with Crippen molar-refractivity contribution < 1.29 is 4.42 Å². The van der Waals surface area contributed by atoms with Crippen molar-refractivity contribution in [2.24, 2.45) is 7.05 Å². The number of hydrogen-bond donors (Lipinski definition) is 1. The molecule has 4 rings (SSSR count). The minimum Gasteiger partial charge on any atom is -0.455 e. The van der Waals surface area contributed by atoms with E-state index >= 15 is 0 Å². The molecular formula is C24H22N4O2. The second-order valence-electron chi connectivity index (χ2n) is 7.54. The Labute approximate surface area is 174 Å². The van der Waals surface area contributed by atoms with Gasteiger partial charge in [-0.1, -0.05) is 18.2 Å². The molecule has 0 aliphatic carbocycles. The van der Waals surface area contributed by atoms with Crippen molar-refractivity contribution in [3.63, 3.8) is 0 Å². The molecule has 0 aliphatic rings. The van der Waals surface area contributed by atoms with Crippen LogP contribution in [0.15, 0.2) is 58.0 Å². The largest absolute Gasteiger partial charge is 0.455 e. The average Bonchev–Trinajstić information content (AvgIpc) is 3.16. The number of nitrogens with zero attached hydrogens (tertiary/aromatic N) is 3. The van der Waals surface area contributed by atoms with Crippen molar-refractivity contribution in [3.05, 3.63) is 81.3 Å². The fourth-order valence-electron chi connectivity index (χ4n) is 3.72. The van der Waals surface area contributed by atoms with Crippen LogP contribution in [0.1, 0.15) is 35.2 Å². The van der Waals surface area contributed by atoms with E-state index in [1.54, 1.807) is 23.9 Å². The molecule has 0 saturated carbocycles. The number of nitriles is 1. The summed E-state index contributed by atoms with van der Waals surface area (Å²) in [6.07, 6.45) is 3.52. The van der Waals surface area contributed by atoms with Crippen molar-refractivity contribution in [3.8, 4) is 17.4 Å². The summed E-state index contributed by atoms with van der Waals surface area (Å²) in [7, 11) is 1.82. The van der Waals surface area contributed by atoms with Crippen LogP contribution in [0, 0.1) is 25.2 Å². The highest BCUT2D eigenvalue weighted by molar-refractivity contribution is 5.84. The average molecular weight is 398 g/mol. The molecule has 4 aromatic rings. The molecule has 150 valence electrons. The van der Waals surface area contributed by atoms with Crippen molar-refractivity contribution in [1.29, 1.82) is 5.26 Å². The van der Waals surface area contributed by atoms with Gasteiger partial charge < -0.3 is 9.73 Å². The van der Waals surface area contributed by atoms with Gasteiger partial charge in [0.15, 0.2) is 5.43 Å². The highest BCUT2D eigenvalue weighted by Gasteiger charge is 2.20. The molecule has 0 fully saturated rings. The van der Waals surface area contributed by atoms with Crippen LogP contribution in [0.3, 0.4) is 0 Å². The summed E-state index contributed by atoms with van der Waals surface area (Å²) < 4.78 is 7.99. The molecule has 0 amide bonds. The van der Waals surface area contributed by atoms with Gasteiger partial charge in [0.05, 0.1) is 34.4 Å². The highest BCUT2D eigenvalue weighted by Crippen LogP contribution is 2.32. The molecule has 6 heteroatoms. The van der Waals surface area contributed by atoms with E-state index in [2.05, 4.69) is 16.5 Å². The molecule has 1 atom stereocenters. The monoisotopic (exact) mass is 398 g/mol. The number of fused-ring (bicyclic) bond motifs is 1. The molecule has 0 unspecified atom stereocenters. The molecule has 2 aromatic carbocycles. The summed E-state index contributed by atoms with van der Waals surface area (Å²) in [6, 6.07) is 13.3. The van der Waals surface area contributed by atoms with Gasteiger partial charge in [0.25, 0.3) is 0 Å². The Kier molecular flexibility index (Phi) is 4.88. The SMILES string of the molecule is Cc1cc([C@@H](C)Nc2ccccc2C#N)c2oc(-c3cnn(C)c3)c(C)c(=O)c2c1. The molecular weight excluding hydrogens is 376 g/mol. The second-order valence-corrected chi connectivity index (χ2v) is 7.54. The Morgan fingerprint density at radius 1 is 1.23 bits per heavy atom. The second kappa shape index (κ2) is 7.53. The smallest absolute Gasteiger partial charge is 0.196 e. The molecule has 6 nitrogen and oxygen atoms in total. The fraction of sp³-hybridized carbons (Fsp3) is 0.208. The third kappa shape index (κ3) is 3.35. The lowest BCUT2D eigenvalue weighted by Crippen LogP contribution is -2.12. The summed E-state index contributed by atoms with van der Waals surface area (Å²) in [4.78, 5) is 13.2. The lowest BCUT2D eigenvalue weighted by Gasteiger charge is -2.19. The van der Waals surface area contributed by atoms with Crippen LogP contribution in [0.5, 0.6) is 0 Å². The minimum absolute atomic E-state index is 0.0512. The predicted octanol–water partition coefficient (Wildman–Crippen LogP) is 4.86. The van der Waals surface area contributed by atoms with Gasteiger partial charge in [-0.25, -0.2) is 0 Å². The maximum absolute atomic E-state index is 13.2. The molecule has 2 aromatic heterocycles. The lowest BCUT2D eigenvalue weighted by molar-refractivity contribution is 0.605. The molecule has 30 heavy (non-hydrogen) atoms. The van der Waals surface area contributed by atoms with Gasteiger partial charge in [-0.15, -0.1) is 0 Å². The van der Waals surface area contributed by atoms with Gasteiger partial charge in [-0.3, -0.25) is 9.48 Å². The first kappa shape index (κ1) is 19.5. The van der Waals surface area contributed by atoms with E-state index in [4.69, 9.17) is 4.42 Å². The van der Waals surface area contributed by atoms with Crippen LogP contribution < -0.4 is 10.7 Å². The number of para-hydroxylation sites is 1. The van der Waals surface area contributed by atoms with Gasteiger partial charge in [-0.05, 0) is 44.5 Å². The van der Waals surface area contributed by atoms with Crippen molar-refractivity contribution in [2.75, 3.05) is 5.32 Å². The third-order valence-electron chi connectivity index (χ3n) is 5.25. The number of hydrogen-bond acceptors (Lipinski definition) is 5. The normalized spacial score (nSPS) is 12.0. The molecule has 0 bridgehead atoms. The zero-order valence-corrected chi connectivity index (χ0v) is 17.4. The number of anilines is 1. The summed E-state index contributed by atoms with van der Waals surface area (Å²) >= 11 is 0. The third-order valence-corrected chi connectivity index (χ3v) is 5.25. The number of rotatable bonds is 4. The van der Waals surface area contributed by atoms with E-state index in [-0.39, 0.29) is 11.5 Å². The number of aryl methyl sites for hydroxylation is 2. The summed E-state index contributed by atoms with van der Waals surface area (Å²) in [6.45, 7) is 5.73. The molecule has 0 radical (unpaired) electrons. The number of benzene rings is 2. The molecule has 0 spiro atoms. The van der Waals surface area contributed by atoms with Gasteiger partial charge >= 0.3 is 0 Å². The lowest BCUT2D eigenvalue weighted by atomic mass is 9.99. The van der Waals surface area contributed by atoms with Crippen LogP contribution in [0.25, 0.3) is 22.3 Å². The van der Waals surface area contributed by atoms with E-state index in [9.17, 15) is 10.1 Å². The zero-order valence-electron chi connectivity index (χ0n) is 17.4. The van der Waals surface area contributed by atoms with E-state index < -0.39 is 0 Å². The van der Waals surface area contributed by atoms with E-state index in [1.807, 2.05) is 57.4 Å². The number of aromatic nitrogens is 2. The molecule has 1 N–H and O–H groups in total. The van der Waals surface area contributed by atoms with E-state index in [1.165, 1.54) is 0 Å². The standard InChI is InChI=1S/C24H22N4O2/c1-14-9-19(16(3)27-21-8-6-5-7-17(21)11-25)24-20(10-14)22(29)15(2)23(30-24)18-12-26-28(4)13-18/h5-10,12-13,16,27H,1-4H3/t16-/m1/s1. The Hall–Kier alpha value is -3.85. The van der Waals surface area contributed by atoms with Crippen LogP contribution >= 0.6 is 0 Å². The Balaban J connectivity index is 1.90. The minimum atomic E-state index is -0.186. The van der Waals surface area contributed by atoms with Gasteiger partial charge in [0.2, 0.25) is 0 Å². The van der Waals surface area contributed by atoms with Gasteiger partial charge in [0.1, 0.15) is 17.4 Å². The van der Waals surface area contributed by atoms with E-state index in [0.29, 0.717) is 27.9 Å². The summed E-state index contributed by atoms with van der Waals surface area (Å²) in [5.41, 5.74) is 4.95. The van der Waals surface area contributed by atoms with Crippen LogP contribution in [-0.2, 0) is 7.05 Å². The first-order valence-electron chi connectivity index (χ1n) is 9.71. The van der Waals surface area contributed by atoms with Gasteiger partial charge in [-0.2, -0.15) is 10.4 Å². The summed E-state index contributed by atoms with van der Waals surface area (Å²) in [5, 5.41) is 17.5. The zero-order chi connectivity index (χ0) is 21.4. The van der Waals surface area contributed by atoms with Crippen LogP contribution in [0.2, 0.25) is 0 Å². The van der Waals surface area contributed by atoms with Crippen molar-refractivity contribution >= 4 is 16.7 Å². The first-order valence-corrected chi connectivity index (χ1v) is 9.71. The van der Waals surface area contributed by atoms with Crippen LogP contribution in [0.4, 0.5) is 5.69 Å². The van der Waals surface area contributed by atoms with E-state index in [0.717, 1.165) is 22.4 Å². The van der Waals surface area contributed by atoms with Gasteiger partial charge in [0, 0.05) is 24.4 Å². The maximum atomic E-state index is 13.2. The molecule has 0 saturated heterocycles. The number of nitrogens with one attached hydrogen (secondary N) is 1. The first-order chi connectivity index (χ1) is 14.4. The Bertz CT molecular complexity index is 1360. The predicted molar refractivity (Wildman–Crippen MR) is 117 cm³/mol. The van der Waals surface area contributed by atoms with Crippen molar-refractivity contribution in [2.45, 2.75) is 26.8 Å². The van der Waals surface area contributed by atoms with Crippen LogP contribution in [-0.4, -0.2) is 9.78 Å². The Morgan fingerprint density at radius 2 is 2.00 bits per heavy atom. The fourth-order valence-corrected chi connectivity index (χ4v) is 3.72. The molecule has 0 aliphatic heterocycles. The summed E-state index contributed by atoms with van der Waals surface area (Å²) in [5.74, 6) is 0.523. The maximum Gasteiger partial charge on any atom is 0.196 e. The Morgan fingerprint density at radius 3 is 2.70 bits per heavy atom. The molecule has 2 heterocycles. The quantitative estimate of drug-likeness (QED) is 0.531. The topological polar surface area (TPSA) is 83.8 Å². The van der Waals surface area contributed by atoms with Crippen molar-refractivity contribution in [1.82, 2.24) is 9.78 Å². The highest BCUT2D eigenvalue weighted by atomic mass is 16.3.